The van der Waals surface area contributed by atoms with Crippen LogP contribution in [0.3, 0.4) is 0 Å². The zero-order valence-electron chi connectivity index (χ0n) is 14.8. The topological polar surface area (TPSA) is 59.6 Å². The summed E-state index contributed by atoms with van der Waals surface area (Å²) >= 11 is 0. The van der Waals surface area contributed by atoms with Crippen molar-refractivity contribution in [2.75, 3.05) is 18.5 Å². The molecule has 1 saturated heterocycles. The summed E-state index contributed by atoms with van der Waals surface area (Å²) in [6.07, 6.45) is 2.24. The monoisotopic (exact) mass is 358 g/mol. The maximum atomic E-state index is 13.3. The Morgan fingerprint density at radius 3 is 2.96 bits per heavy atom. The van der Waals surface area contributed by atoms with Crippen molar-refractivity contribution >= 4 is 11.7 Å². The van der Waals surface area contributed by atoms with E-state index in [1.54, 1.807) is 31.2 Å². The number of hydrogen-bond donors (Lipinski definition) is 2. The number of benzene rings is 2. The summed E-state index contributed by atoms with van der Waals surface area (Å²) in [7, 11) is 0. The lowest BCUT2D eigenvalue weighted by atomic mass is 10.1. The Balaban J connectivity index is 1.48. The Morgan fingerprint density at radius 1 is 1.31 bits per heavy atom. The summed E-state index contributed by atoms with van der Waals surface area (Å²) in [5, 5.41) is 5.53. The van der Waals surface area contributed by atoms with Crippen molar-refractivity contribution in [3.05, 3.63) is 59.4 Å². The highest BCUT2D eigenvalue weighted by Gasteiger charge is 2.16. The largest absolute Gasteiger partial charge is 0.491 e. The number of urea groups is 1. The van der Waals surface area contributed by atoms with Gasteiger partial charge in [-0.15, -0.1) is 0 Å². The van der Waals surface area contributed by atoms with Crippen molar-refractivity contribution < 1.29 is 18.7 Å². The second-order valence-electron chi connectivity index (χ2n) is 6.37. The molecule has 138 valence electrons. The van der Waals surface area contributed by atoms with Crippen LogP contribution in [-0.2, 0) is 11.3 Å². The van der Waals surface area contributed by atoms with Gasteiger partial charge in [0.05, 0.1) is 6.10 Å². The molecular weight excluding hydrogens is 335 g/mol. The van der Waals surface area contributed by atoms with E-state index in [1.165, 1.54) is 6.07 Å². The Morgan fingerprint density at radius 2 is 2.19 bits per heavy atom. The van der Waals surface area contributed by atoms with Crippen molar-refractivity contribution in [3.63, 3.8) is 0 Å². The molecule has 5 nitrogen and oxygen atoms in total. The van der Waals surface area contributed by atoms with Gasteiger partial charge in [-0.2, -0.15) is 0 Å². The molecule has 26 heavy (non-hydrogen) atoms. The van der Waals surface area contributed by atoms with Crippen molar-refractivity contribution in [3.8, 4) is 5.75 Å². The van der Waals surface area contributed by atoms with Crippen LogP contribution in [0, 0.1) is 12.7 Å². The lowest BCUT2D eigenvalue weighted by Gasteiger charge is -2.13. The lowest BCUT2D eigenvalue weighted by molar-refractivity contribution is 0.0680. The quantitative estimate of drug-likeness (QED) is 0.820. The van der Waals surface area contributed by atoms with Crippen molar-refractivity contribution in [1.82, 2.24) is 5.32 Å². The number of anilines is 1. The van der Waals surface area contributed by atoms with E-state index in [9.17, 15) is 9.18 Å². The number of ether oxygens (including phenoxy) is 2. The Hall–Kier alpha value is -2.60. The van der Waals surface area contributed by atoms with Gasteiger partial charge >= 0.3 is 6.03 Å². The fourth-order valence-corrected chi connectivity index (χ4v) is 2.80. The number of carbonyl (C=O) groups excluding carboxylic acids is 1. The Labute approximate surface area is 152 Å². The highest BCUT2D eigenvalue weighted by atomic mass is 19.1. The number of nitrogens with one attached hydrogen (secondary N) is 2. The fraction of sp³-hybridized carbons (Fsp3) is 0.350. The standard InChI is InChI=1S/C20H23FN2O3/c1-14-10-15(7-8-19(14)21)12-22-20(24)23-16-4-2-5-17(11-16)26-13-18-6-3-9-25-18/h2,4-5,7-8,10-11,18H,3,6,9,12-13H2,1H3,(H2,22,23,24). The van der Waals surface area contributed by atoms with Gasteiger partial charge in [-0.3, -0.25) is 0 Å². The third-order valence-electron chi connectivity index (χ3n) is 4.23. The van der Waals surface area contributed by atoms with Gasteiger partial charge < -0.3 is 20.1 Å². The van der Waals surface area contributed by atoms with Gasteiger partial charge in [0.15, 0.2) is 0 Å². The number of halogens is 1. The van der Waals surface area contributed by atoms with Crippen LogP contribution >= 0.6 is 0 Å². The predicted octanol–water partition coefficient (Wildman–Crippen LogP) is 4.01. The molecule has 0 saturated carbocycles. The minimum Gasteiger partial charge on any atom is -0.491 e. The number of hydrogen-bond acceptors (Lipinski definition) is 3. The van der Waals surface area contributed by atoms with Crippen LogP contribution in [0.1, 0.15) is 24.0 Å². The number of aryl methyl sites for hydroxylation is 1. The molecule has 0 aromatic heterocycles. The van der Waals surface area contributed by atoms with Crippen LogP contribution in [0.25, 0.3) is 0 Å². The van der Waals surface area contributed by atoms with Gasteiger partial charge in [0.2, 0.25) is 0 Å². The number of rotatable bonds is 6. The van der Waals surface area contributed by atoms with E-state index in [4.69, 9.17) is 9.47 Å². The average molecular weight is 358 g/mol. The van der Waals surface area contributed by atoms with Gasteiger partial charge in [-0.1, -0.05) is 18.2 Å². The molecule has 0 aliphatic carbocycles. The van der Waals surface area contributed by atoms with E-state index < -0.39 is 0 Å². The third-order valence-corrected chi connectivity index (χ3v) is 4.23. The Bertz CT molecular complexity index is 760. The first-order chi connectivity index (χ1) is 12.6. The van der Waals surface area contributed by atoms with E-state index in [1.807, 2.05) is 12.1 Å². The van der Waals surface area contributed by atoms with Gasteiger partial charge in [0.1, 0.15) is 18.2 Å². The minimum absolute atomic E-state index is 0.147. The molecule has 0 radical (unpaired) electrons. The molecular formula is C20H23FN2O3. The minimum atomic E-state index is -0.330. The second kappa shape index (κ2) is 8.67. The molecule has 2 N–H and O–H groups in total. The van der Waals surface area contributed by atoms with Crippen LogP contribution in [0.15, 0.2) is 42.5 Å². The summed E-state index contributed by atoms with van der Waals surface area (Å²) in [6.45, 7) is 3.33. The molecule has 3 rings (SSSR count). The third kappa shape index (κ3) is 5.20. The van der Waals surface area contributed by atoms with Crippen molar-refractivity contribution in [1.29, 1.82) is 0 Å². The maximum absolute atomic E-state index is 13.3. The highest BCUT2D eigenvalue weighted by Crippen LogP contribution is 2.19. The van der Waals surface area contributed by atoms with Crippen molar-refractivity contribution in [2.24, 2.45) is 0 Å². The molecule has 1 heterocycles. The summed E-state index contributed by atoms with van der Waals surface area (Å²) < 4.78 is 24.5. The number of amides is 2. The summed E-state index contributed by atoms with van der Waals surface area (Å²) in [4.78, 5) is 12.1. The van der Waals surface area contributed by atoms with E-state index >= 15 is 0 Å². The molecule has 0 spiro atoms. The van der Waals surface area contributed by atoms with Crippen LogP contribution in [0.5, 0.6) is 5.75 Å². The van der Waals surface area contributed by atoms with E-state index in [0.717, 1.165) is 25.0 Å². The molecule has 2 amide bonds. The predicted molar refractivity (Wildman–Crippen MR) is 97.9 cm³/mol. The first kappa shape index (κ1) is 18.2. The first-order valence-corrected chi connectivity index (χ1v) is 8.74. The molecule has 6 heteroatoms. The second-order valence-corrected chi connectivity index (χ2v) is 6.37. The first-order valence-electron chi connectivity index (χ1n) is 8.74. The average Bonchev–Trinajstić information content (AvgIpc) is 3.15. The van der Waals surface area contributed by atoms with Crippen LogP contribution in [0.2, 0.25) is 0 Å². The van der Waals surface area contributed by atoms with Crippen LogP contribution in [-0.4, -0.2) is 25.3 Å². The summed E-state index contributed by atoms with van der Waals surface area (Å²) in [5.74, 6) is 0.436. The van der Waals surface area contributed by atoms with Gasteiger partial charge in [-0.05, 0) is 49.1 Å². The maximum Gasteiger partial charge on any atom is 0.319 e. The normalized spacial score (nSPS) is 16.3. The van der Waals surface area contributed by atoms with Gasteiger partial charge in [0.25, 0.3) is 0 Å². The Kier molecular flexibility index (Phi) is 6.07. The van der Waals surface area contributed by atoms with Crippen LogP contribution in [0.4, 0.5) is 14.9 Å². The molecule has 2 aromatic carbocycles. The zero-order chi connectivity index (χ0) is 18.4. The van der Waals surface area contributed by atoms with E-state index in [0.29, 0.717) is 30.2 Å². The molecule has 1 atom stereocenters. The van der Waals surface area contributed by atoms with Gasteiger partial charge in [-0.25, -0.2) is 9.18 Å². The van der Waals surface area contributed by atoms with Crippen molar-refractivity contribution in [2.45, 2.75) is 32.4 Å². The van der Waals surface area contributed by atoms with Crippen LogP contribution < -0.4 is 15.4 Å². The summed E-state index contributed by atoms with van der Waals surface area (Å²) in [6, 6.07) is 11.7. The smallest absolute Gasteiger partial charge is 0.319 e. The summed E-state index contributed by atoms with van der Waals surface area (Å²) in [5.41, 5.74) is 2.04. The fourth-order valence-electron chi connectivity index (χ4n) is 2.80. The van der Waals surface area contributed by atoms with Gasteiger partial charge in [0, 0.05) is 24.9 Å². The number of carbonyl (C=O) groups is 1. The zero-order valence-corrected chi connectivity index (χ0v) is 14.8. The van der Waals surface area contributed by atoms with E-state index in [-0.39, 0.29) is 18.0 Å². The molecule has 0 bridgehead atoms. The molecule has 1 aliphatic rings. The van der Waals surface area contributed by atoms with E-state index in [2.05, 4.69) is 10.6 Å². The molecule has 2 aromatic rings. The molecule has 1 aliphatic heterocycles. The SMILES string of the molecule is Cc1cc(CNC(=O)Nc2cccc(OCC3CCCO3)c2)ccc1F. The highest BCUT2D eigenvalue weighted by molar-refractivity contribution is 5.89. The molecule has 1 unspecified atom stereocenters. The molecule has 1 fully saturated rings. The lowest BCUT2D eigenvalue weighted by Crippen LogP contribution is -2.28.